The first-order chi connectivity index (χ1) is 8.02. The molecule has 0 aromatic carbocycles. The summed E-state index contributed by atoms with van der Waals surface area (Å²) in [6, 6.07) is 0. The largest absolute Gasteiger partial charge is 0.394 e. The van der Waals surface area contributed by atoms with Crippen LogP contribution in [0.1, 0.15) is 12.6 Å². The first-order valence-electron chi connectivity index (χ1n) is 5.01. The maximum Gasteiger partial charge on any atom is 0.351 e. The summed E-state index contributed by atoms with van der Waals surface area (Å²) in [5.41, 5.74) is 4.32. The SMILES string of the molecule is Nc1nc(=O)n([C@H]2O[C@@H](CO)C[C@H]2O)cc1F. The van der Waals surface area contributed by atoms with Gasteiger partial charge in [-0.15, -0.1) is 0 Å². The second-order valence-electron chi connectivity index (χ2n) is 3.80. The quantitative estimate of drug-likeness (QED) is 0.591. The molecule has 94 valence electrons. The summed E-state index contributed by atoms with van der Waals surface area (Å²) in [5.74, 6) is -1.37. The maximum atomic E-state index is 13.2. The lowest BCUT2D eigenvalue weighted by Crippen LogP contribution is -2.32. The average molecular weight is 245 g/mol. The predicted molar refractivity (Wildman–Crippen MR) is 54.5 cm³/mol. The van der Waals surface area contributed by atoms with Gasteiger partial charge in [-0.05, 0) is 0 Å². The molecule has 0 saturated carbocycles. The zero-order valence-electron chi connectivity index (χ0n) is 8.78. The molecule has 4 N–H and O–H groups in total. The van der Waals surface area contributed by atoms with Gasteiger partial charge in [0.2, 0.25) is 0 Å². The van der Waals surface area contributed by atoms with Crippen molar-refractivity contribution >= 4 is 5.82 Å². The van der Waals surface area contributed by atoms with Crippen LogP contribution in [0.5, 0.6) is 0 Å². The minimum absolute atomic E-state index is 0.166. The molecule has 0 radical (unpaired) electrons. The molecule has 7 nitrogen and oxygen atoms in total. The number of nitrogens with zero attached hydrogens (tertiary/aromatic N) is 2. The number of ether oxygens (including phenoxy) is 1. The molecule has 1 fully saturated rings. The van der Waals surface area contributed by atoms with Crippen molar-refractivity contribution in [1.29, 1.82) is 0 Å². The van der Waals surface area contributed by atoms with Crippen molar-refractivity contribution in [2.45, 2.75) is 24.9 Å². The molecule has 0 bridgehead atoms. The fourth-order valence-corrected chi connectivity index (χ4v) is 1.74. The molecule has 2 rings (SSSR count). The Hall–Kier alpha value is -1.51. The van der Waals surface area contributed by atoms with Crippen LogP contribution in [-0.2, 0) is 4.74 Å². The lowest BCUT2D eigenvalue weighted by Gasteiger charge is -2.17. The van der Waals surface area contributed by atoms with Gasteiger partial charge in [0.05, 0.1) is 18.9 Å². The summed E-state index contributed by atoms with van der Waals surface area (Å²) in [7, 11) is 0. The molecular weight excluding hydrogens is 233 g/mol. The first kappa shape index (κ1) is 12.0. The van der Waals surface area contributed by atoms with Crippen LogP contribution in [0, 0.1) is 5.82 Å². The third kappa shape index (κ3) is 2.14. The Balaban J connectivity index is 2.35. The van der Waals surface area contributed by atoms with Gasteiger partial charge >= 0.3 is 5.69 Å². The van der Waals surface area contributed by atoms with Gasteiger partial charge in [-0.2, -0.15) is 4.98 Å². The number of aromatic nitrogens is 2. The smallest absolute Gasteiger partial charge is 0.351 e. The molecular formula is C9H12FN3O4. The van der Waals surface area contributed by atoms with Gasteiger partial charge in [0.25, 0.3) is 0 Å². The van der Waals surface area contributed by atoms with Crippen LogP contribution >= 0.6 is 0 Å². The van der Waals surface area contributed by atoms with Crippen molar-refractivity contribution in [3.8, 4) is 0 Å². The summed E-state index contributed by atoms with van der Waals surface area (Å²) in [6.45, 7) is -0.285. The number of rotatable bonds is 2. The number of hydrogen-bond donors (Lipinski definition) is 3. The van der Waals surface area contributed by atoms with Crippen LogP contribution in [-0.4, -0.2) is 38.6 Å². The summed E-state index contributed by atoms with van der Waals surface area (Å²) >= 11 is 0. The Bertz CT molecular complexity index is 478. The fraction of sp³-hybridized carbons (Fsp3) is 0.556. The second-order valence-corrected chi connectivity index (χ2v) is 3.80. The second kappa shape index (κ2) is 4.40. The van der Waals surface area contributed by atoms with E-state index in [1.165, 1.54) is 0 Å². The highest BCUT2D eigenvalue weighted by Gasteiger charge is 2.35. The van der Waals surface area contributed by atoms with E-state index in [2.05, 4.69) is 4.98 Å². The highest BCUT2D eigenvalue weighted by molar-refractivity contribution is 5.26. The number of hydrogen-bond acceptors (Lipinski definition) is 6. The summed E-state index contributed by atoms with van der Waals surface area (Å²) in [5, 5.41) is 18.5. The molecule has 3 atom stereocenters. The molecule has 0 aliphatic carbocycles. The number of anilines is 1. The molecule has 1 saturated heterocycles. The molecule has 0 amide bonds. The lowest BCUT2D eigenvalue weighted by molar-refractivity contribution is -0.0533. The zero-order valence-corrected chi connectivity index (χ0v) is 8.78. The van der Waals surface area contributed by atoms with Crippen molar-refractivity contribution in [1.82, 2.24) is 9.55 Å². The maximum absolute atomic E-state index is 13.2. The van der Waals surface area contributed by atoms with E-state index >= 15 is 0 Å². The average Bonchev–Trinajstić information content (AvgIpc) is 2.65. The van der Waals surface area contributed by atoms with Crippen LogP contribution in [0.3, 0.4) is 0 Å². The molecule has 8 heteroatoms. The van der Waals surface area contributed by atoms with Crippen molar-refractivity contribution in [3.63, 3.8) is 0 Å². The lowest BCUT2D eigenvalue weighted by atomic mass is 10.2. The van der Waals surface area contributed by atoms with E-state index in [0.717, 1.165) is 10.8 Å². The number of halogens is 1. The van der Waals surface area contributed by atoms with Gasteiger partial charge in [0, 0.05) is 6.42 Å². The van der Waals surface area contributed by atoms with Crippen LogP contribution < -0.4 is 11.4 Å². The van der Waals surface area contributed by atoms with E-state index in [1.807, 2.05) is 0 Å². The number of aliphatic hydroxyl groups is 2. The van der Waals surface area contributed by atoms with Gasteiger partial charge in [-0.3, -0.25) is 4.57 Å². The minimum atomic E-state index is -1.05. The highest BCUT2D eigenvalue weighted by atomic mass is 19.1. The number of nitrogens with two attached hydrogens (primary N) is 1. The van der Waals surface area contributed by atoms with Gasteiger partial charge in [0.15, 0.2) is 17.9 Å². The Morgan fingerprint density at radius 3 is 3.00 bits per heavy atom. The van der Waals surface area contributed by atoms with Crippen molar-refractivity contribution in [2.75, 3.05) is 12.3 Å². The topological polar surface area (TPSA) is 111 Å². The predicted octanol–water partition coefficient (Wildman–Crippen LogP) is -1.39. The van der Waals surface area contributed by atoms with Crippen LogP contribution in [0.15, 0.2) is 11.0 Å². The molecule has 17 heavy (non-hydrogen) atoms. The van der Waals surface area contributed by atoms with Gasteiger partial charge < -0.3 is 20.7 Å². The van der Waals surface area contributed by atoms with E-state index < -0.39 is 35.8 Å². The summed E-state index contributed by atoms with van der Waals surface area (Å²) in [6.07, 6.45) is -1.64. The number of aliphatic hydroxyl groups excluding tert-OH is 2. The molecule has 0 unspecified atom stereocenters. The summed E-state index contributed by atoms with van der Waals surface area (Å²) in [4.78, 5) is 14.7. The van der Waals surface area contributed by atoms with Gasteiger partial charge in [-0.1, -0.05) is 0 Å². The molecule has 1 aromatic heterocycles. The third-order valence-corrected chi connectivity index (χ3v) is 2.58. The normalized spacial score (nSPS) is 28.5. The monoisotopic (exact) mass is 245 g/mol. The van der Waals surface area contributed by atoms with Crippen LogP contribution in [0.2, 0.25) is 0 Å². The molecule has 1 aliphatic heterocycles. The van der Waals surface area contributed by atoms with E-state index in [4.69, 9.17) is 15.6 Å². The van der Waals surface area contributed by atoms with Crippen LogP contribution in [0.4, 0.5) is 10.2 Å². The third-order valence-electron chi connectivity index (χ3n) is 2.58. The Morgan fingerprint density at radius 1 is 1.71 bits per heavy atom. The Labute approximate surface area is 95.3 Å². The Kier molecular flexibility index (Phi) is 3.09. The number of nitrogen functional groups attached to an aromatic ring is 1. The molecule has 2 heterocycles. The zero-order chi connectivity index (χ0) is 12.6. The van der Waals surface area contributed by atoms with E-state index in [1.54, 1.807) is 0 Å². The van der Waals surface area contributed by atoms with E-state index in [-0.39, 0.29) is 13.0 Å². The van der Waals surface area contributed by atoms with Crippen molar-refractivity contribution in [3.05, 3.63) is 22.5 Å². The molecule has 1 aliphatic rings. The molecule has 1 aromatic rings. The highest BCUT2D eigenvalue weighted by Crippen LogP contribution is 2.27. The standard InChI is InChI=1S/C9H12FN3O4/c10-5-2-13(9(16)12-7(5)11)8-6(15)1-4(3-14)17-8/h2,4,6,8,14-15H,1,3H2,(H2,11,12,16)/t4-,6-,8+/m1/s1. The minimum Gasteiger partial charge on any atom is -0.394 e. The van der Waals surface area contributed by atoms with Crippen molar-refractivity contribution < 1.29 is 19.3 Å². The van der Waals surface area contributed by atoms with Crippen molar-refractivity contribution in [2.24, 2.45) is 0 Å². The van der Waals surface area contributed by atoms with Gasteiger partial charge in [-0.25, -0.2) is 9.18 Å². The van der Waals surface area contributed by atoms with E-state index in [9.17, 15) is 14.3 Å². The van der Waals surface area contributed by atoms with Crippen LogP contribution in [0.25, 0.3) is 0 Å². The fourth-order valence-electron chi connectivity index (χ4n) is 1.74. The Morgan fingerprint density at radius 2 is 2.41 bits per heavy atom. The van der Waals surface area contributed by atoms with Gasteiger partial charge in [0.1, 0.15) is 6.10 Å². The van der Waals surface area contributed by atoms with E-state index in [0.29, 0.717) is 0 Å². The first-order valence-corrected chi connectivity index (χ1v) is 5.01. The summed E-state index contributed by atoms with van der Waals surface area (Å²) < 4.78 is 19.2. The molecule has 0 spiro atoms.